The predicted molar refractivity (Wildman–Crippen MR) is 91.1 cm³/mol. The molecule has 0 N–H and O–H groups in total. The zero-order valence-electron chi connectivity index (χ0n) is 14.0. The summed E-state index contributed by atoms with van der Waals surface area (Å²) in [7, 11) is 0. The molecule has 9 heteroatoms. The maximum absolute atomic E-state index is 13.9. The van der Waals surface area contributed by atoms with Crippen molar-refractivity contribution in [2.45, 2.75) is 6.18 Å². The molecule has 4 rings (SSSR count). The molecule has 0 radical (unpaired) electrons. The van der Waals surface area contributed by atoms with Gasteiger partial charge in [0.15, 0.2) is 11.5 Å². The summed E-state index contributed by atoms with van der Waals surface area (Å²) in [6.45, 7) is 0. The van der Waals surface area contributed by atoms with Crippen molar-refractivity contribution in [1.29, 1.82) is 0 Å². The molecule has 0 aliphatic carbocycles. The highest BCUT2D eigenvalue weighted by Crippen LogP contribution is 2.32. The zero-order valence-corrected chi connectivity index (χ0v) is 14.0. The first-order valence-corrected chi connectivity index (χ1v) is 8.02. The highest BCUT2D eigenvalue weighted by atomic mass is 19.4. The van der Waals surface area contributed by atoms with E-state index >= 15 is 0 Å². The molecule has 0 aliphatic heterocycles. The van der Waals surface area contributed by atoms with Gasteiger partial charge in [-0.1, -0.05) is 12.1 Å². The minimum absolute atomic E-state index is 0.00794. The van der Waals surface area contributed by atoms with Crippen LogP contribution in [0.15, 0.2) is 61.1 Å². The van der Waals surface area contributed by atoms with Crippen LogP contribution in [-0.4, -0.2) is 25.4 Å². The van der Waals surface area contributed by atoms with Crippen LogP contribution in [0.3, 0.4) is 0 Å². The van der Waals surface area contributed by atoms with Crippen molar-refractivity contribution in [3.63, 3.8) is 0 Å². The molecular formula is C19H10F4N4O. The maximum atomic E-state index is 13.9. The second-order valence-corrected chi connectivity index (χ2v) is 5.87. The van der Waals surface area contributed by atoms with Crippen molar-refractivity contribution in [3.05, 3.63) is 83.7 Å². The number of pyridine rings is 1. The van der Waals surface area contributed by atoms with Crippen molar-refractivity contribution in [3.8, 4) is 11.3 Å². The van der Waals surface area contributed by atoms with Crippen LogP contribution in [0.1, 0.15) is 21.6 Å². The topological polar surface area (TPSA) is 60.2 Å². The molecule has 3 heterocycles. The second kappa shape index (κ2) is 6.52. The van der Waals surface area contributed by atoms with Crippen LogP contribution in [0.5, 0.6) is 0 Å². The maximum Gasteiger partial charge on any atom is 0.416 e. The number of carbonyl (C=O) groups excluding carboxylic acids is 1. The van der Waals surface area contributed by atoms with Gasteiger partial charge in [0.25, 0.3) is 0 Å². The Kier molecular flexibility index (Phi) is 4.14. The van der Waals surface area contributed by atoms with E-state index in [1.54, 1.807) is 0 Å². The van der Waals surface area contributed by atoms with Crippen molar-refractivity contribution >= 4 is 11.4 Å². The lowest BCUT2D eigenvalue weighted by molar-refractivity contribution is -0.137. The number of alkyl halides is 3. The summed E-state index contributed by atoms with van der Waals surface area (Å²) in [6, 6.07) is 8.65. The Labute approximate surface area is 155 Å². The summed E-state index contributed by atoms with van der Waals surface area (Å²) in [4.78, 5) is 20.5. The van der Waals surface area contributed by atoms with Crippen molar-refractivity contribution in [2.24, 2.45) is 0 Å². The predicted octanol–water partition coefficient (Wildman–Crippen LogP) is 4.18. The average Bonchev–Trinajstić information content (AvgIpc) is 3.11. The average molecular weight is 386 g/mol. The lowest BCUT2D eigenvalue weighted by Crippen LogP contribution is -2.07. The van der Waals surface area contributed by atoms with E-state index in [1.807, 2.05) is 0 Å². The molecule has 0 saturated carbocycles. The van der Waals surface area contributed by atoms with Gasteiger partial charge in [0.05, 0.1) is 23.0 Å². The summed E-state index contributed by atoms with van der Waals surface area (Å²) in [6.07, 6.45) is -0.679. The third-order valence-corrected chi connectivity index (χ3v) is 4.11. The molecule has 0 spiro atoms. The fraction of sp³-hybridized carbons (Fsp3) is 0.0526. The molecule has 0 atom stereocenters. The fourth-order valence-electron chi connectivity index (χ4n) is 2.81. The Morgan fingerprint density at radius 3 is 2.57 bits per heavy atom. The molecule has 0 saturated heterocycles. The molecule has 0 amide bonds. The third-order valence-electron chi connectivity index (χ3n) is 4.11. The zero-order chi connectivity index (χ0) is 19.9. The van der Waals surface area contributed by atoms with Crippen LogP contribution < -0.4 is 0 Å². The third kappa shape index (κ3) is 3.00. The highest BCUT2D eigenvalue weighted by Gasteiger charge is 2.30. The number of carbonyl (C=O) groups is 1. The monoisotopic (exact) mass is 386 g/mol. The summed E-state index contributed by atoms with van der Waals surface area (Å²) < 4.78 is 54.2. The quantitative estimate of drug-likeness (QED) is 0.392. The molecule has 0 bridgehead atoms. The Morgan fingerprint density at radius 2 is 1.82 bits per heavy atom. The van der Waals surface area contributed by atoms with Crippen molar-refractivity contribution < 1.29 is 22.4 Å². The standard InChI is InChI=1S/C19H10F4N4O/c20-14-5-2-7-24-16(14)17(28)13-10-26-27-15(6-8-25-18(13)27)11-3-1-4-12(9-11)19(21,22)23/h1-10H. The van der Waals surface area contributed by atoms with E-state index in [0.29, 0.717) is 5.69 Å². The molecule has 3 aromatic heterocycles. The van der Waals surface area contributed by atoms with Gasteiger partial charge in [-0.2, -0.15) is 18.3 Å². The molecule has 1 aromatic carbocycles. The Morgan fingerprint density at radius 1 is 1.00 bits per heavy atom. The largest absolute Gasteiger partial charge is 0.416 e. The van der Waals surface area contributed by atoms with Crippen molar-refractivity contribution in [2.75, 3.05) is 0 Å². The van der Waals surface area contributed by atoms with Crippen LogP contribution in [-0.2, 0) is 6.18 Å². The summed E-state index contributed by atoms with van der Waals surface area (Å²) in [5.74, 6) is -1.51. The van der Waals surface area contributed by atoms with E-state index in [2.05, 4.69) is 15.1 Å². The minimum Gasteiger partial charge on any atom is -0.287 e. The Hall–Kier alpha value is -3.62. The van der Waals surface area contributed by atoms with Gasteiger partial charge in [-0.3, -0.25) is 4.79 Å². The van der Waals surface area contributed by atoms with Gasteiger partial charge in [0.1, 0.15) is 5.69 Å². The van der Waals surface area contributed by atoms with Gasteiger partial charge in [-0.25, -0.2) is 18.9 Å². The smallest absolute Gasteiger partial charge is 0.287 e. The summed E-state index contributed by atoms with van der Waals surface area (Å²) >= 11 is 0. The molecule has 4 aromatic rings. The van der Waals surface area contributed by atoms with Gasteiger partial charge >= 0.3 is 6.18 Å². The molecule has 28 heavy (non-hydrogen) atoms. The molecule has 0 aliphatic rings. The van der Waals surface area contributed by atoms with Gasteiger partial charge in [0.2, 0.25) is 5.78 Å². The van der Waals surface area contributed by atoms with Gasteiger partial charge in [0, 0.05) is 18.0 Å². The molecule has 5 nitrogen and oxygen atoms in total. The van der Waals surface area contributed by atoms with Crippen LogP contribution >= 0.6 is 0 Å². The van der Waals surface area contributed by atoms with Crippen molar-refractivity contribution in [1.82, 2.24) is 19.6 Å². The van der Waals surface area contributed by atoms with E-state index in [1.165, 1.54) is 47.4 Å². The molecular weight excluding hydrogens is 376 g/mol. The normalized spacial score (nSPS) is 11.7. The molecule has 0 unspecified atom stereocenters. The number of fused-ring (bicyclic) bond motifs is 1. The lowest BCUT2D eigenvalue weighted by atomic mass is 10.1. The Bertz CT molecular complexity index is 1200. The van der Waals surface area contributed by atoms with Crippen LogP contribution in [0.4, 0.5) is 17.6 Å². The van der Waals surface area contributed by atoms with E-state index in [9.17, 15) is 22.4 Å². The van der Waals surface area contributed by atoms with E-state index < -0.39 is 23.3 Å². The van der Waals surface area contributed by atoms with Gasteiger partial charge in [-0.05, 0) is 30.3 Å². The number of ketones is 1. The van der Waals surface area contributed by atoms with E-state index in [-0.39, 0.29) is 22.5 Å². The highest BCUT2D eigenvalue weighted by molar-refractivity contribution is 6.11. The van der Waals surface area contributed by atoms with Gasteiger partial charge < -0.3 is 0 Å². The fourth-order valence-corrected chi connectivity index (χ4v) is 2.81. The first-order chi connectivity index (χ1) is 13.4. The first-order valence-electron chi connectivity index (χ1n) is 8.02. The lowest BCUT2D eigenvalue weighted by Gasteiger charge is -2.10. The van der Waals surface area contributed by atoms with Crippen LogP contribution in [0.2, 0.25) is 0 Å². The van der Waals surface area contributed by atoms with E-state index in [4.69, 9.17) is 0 Å². The number of hydrogen-bond donors (Lipinski definition) is 0. The number of benzene rings is 1. The number of rotatable bonds is 3. The van der Waals surface area contributed by atoms with Gasteiger partial charge in [-0.15, -0.1) is 0 Å². The number of aromatic nitrogens is 4. The first kappa shape index (κ1) is 17.8. The van der Waals surface area contributed by atoms with Crippen LogP contribution in [0.25, 0.3) is 16.9 Å². The number of nitrogens with zero attached hydrogens (tertiary/aromatic N) is 4. The number of halogens is 4. The Balaban J connectivity index is 1.84. The molecule has 140 valence electrons. The SMILES string of the molecule is O=C(c1ncccc1F)c1cnn2c(-c3cccc(C(F)(F)F)c3)ccnc12. The summed E-state index contributed by atoms with van der Waals surface area (Å²) in [5, 5.41) is 4.06. The van der Waals surface area contributed by atoms with E-state index in [0.717, 1.165) is 18.2 Å². The number of hydrogen-bond acceptors (Lipinski definition) is 4. The summed E-state index contributed by atoms with van der Waals surface area (Å²) in [5.41, 5.74) is -0.570. The van der Waals surface area contributed by atoms with Crippen LogP contribution in [0, 0.1) is 5.82 Å². The molecule has 0 fully saturated rings. The second-order valence-electron chi connectivity index (χ2n) is 5.87. The minimum atomic E-state index is -4.50.